The molecule has 6 nitrogen and oxygen atoms in total. The summed E-state index contributed by atoms with van der Waals surface area (Å²) in [5.41, 5.74) is 1.98. The first kappa shape index (κ1) is 21.1. The topological polar surface area (TPSA) is 69.0 Å². The van der Waals surface area contributed by atoms with Crippen molar-refractivity contribution in [3.63, 3.8) is 0 Å². The molecule has 2 heterocycles. The van der Waals surface area contributed by atoms with Gasteiger partial charge in [-0.05, 0) is 48.2 Å². The van der Waals surface area contributed by atoms with Crippen LogP contribution in [0.2, 0.25) is 0 Å². The molecule has 31 heavy (non-hydrogen) atoms. The fraction of sp³-hybridized carbons (Fsp3) is 0.174. The number of rotatable bonds is 8. The van der Waals surface area contributed by atoms with Gasteiger partial charge in [0.1, 0.15) is 5.75 Å². The normalized spacial score (nSPS) is 11.8. The number of hydrogen-bond donors (Lipinski definition) is 1. The summed E-state index contributed by atoms with van der Waals surface area (Å²) in [6.45, 7) is 2.34. The maximum atomic E-state index is 12.7. The molecule has 0 bridgehead atoms. The number of benzene rings is 2. The maximum Gasteiger partial charge on any atom is 0.233 e. The van der Waals surface area contributed by atoms with Crippen molar-refractivity contribution in [2.45, 2.75) is 23.9 Å². The van der Waals surface area contributed by atoms with Gasteiger partial charge in [-0.15, -0.1) is 21.5 Å². The van der Waals surface area contributed by atoms with E-state index in [2.05, 4.69) is 15.5 Å². The second-order valence-electron chi connectivity index (χ2n) is 6.78. The molecule has 1 atom stereocenters. The van der Waals surface area contributed by atoms with Crippen molar-refractivity contribution in [2.75, 3.05) is 7.11 Å². The Hall–Kier alpha value is -3.10. The Balaban J connectivity index is 1.49. The van der Waals surface area contributed by atoms with Gasteiger partial charge in [0, 0.05) is 12.2 Å². The zero-order valence-electron chi connectivity index (χ0n) is 17.2. The third-order valence-corrected chi connectivity index (χ3v) is 6.58. The number of nitrogens with zero attached hydrogens (tertiary/aromatic N) is 3. The number of para-hydroxylation sites is 1. The van der Waals surface area contributed by atoms with E-state index < -0.39 is 0 Å². The van der Waals surface area contributed by atoms with Gasteiger partial charge in [-0.3, -0.25) is 9.36 Å². The van der Waals surface area contributed by atoms with Gasteiger partial charge < -0.3 is 10.1 Å². The summed E-state index contributed by atoms with van der Waals surface area (Å²) in [4.78, 5) is 13.7. The van der Waals surface area contributed by atoms with Gasteiger partial charge in [-0.1, -0.05) is 48.2 Å². The van der Waals surface area contributed by atoms with Gasteiger partial charge in [-0.25, -0.2) is 0 Å². The van der Waals surface area contributed by atoms with Crippen LogP contribution >= 0.6 is 23.1 Å². The molecule has 0 radical (unpaired) electrons. The average molecular weight is 451 g/mol. The number of nitrogens with one attached hydrogen (secondary N) is 1. The number of thiophene rings is 1. The Morgan fingerprint density at radius 2 is 1.87 bits per heavy atom. The first-order chi connectivity index (χ1) is 15.2. The van der Waals surface area contributed by atoms with Crippen LogP contribution in [0.25, 0.3) is 16.4 Å². The molecule has 2 aromatic carbocycles. The standard InChI is InChI=1S/C23H22N4O2S2/c1-16(22(28)24-15-17-10-12-19(29-2)13-11-17)31-23-26-25-21(20-9-6-14-30-20)27(23)18-7-4-3-5-8-18/h3-14,16H,15H2,1-2H3,(H,24,28). The number of amides is 1. The molecule has 1 N–H and O–H groups in total. The fourth-order valence-electron chi connectivity index (χ4n) is 3.01. The molecule has 0 fully saturated rings. The smallest absolute Gasteiger partial charge is 0.233 e. The Morgan fingerprint density at radius 1 is 1.10 bits per heavy atom. The van der Waals surface area contributed by atoms with E-state index in [1.807, 2.05) is 83.6 Å². The SMILES string of the molecule is COc1ccc(CNC(=O)C(C)Sc2nnc(-c3cccs3)n2-c2ccccc2)cc1. The van der Waals surface area contributed by atoms with E-state index in [0.717, 1.165) is 27.7 Å². The van der Waals surface area contributed by atoms with Crippen molar-refractivity contribution in [1.82, 2.24) is 20.1 Å². The summed E-state index contributed by atoms with van der Waals surface area (Å²) in [5, 5.41) is 14.2. The second-order valence-corrected chi connectivity index (χ2v) is 9.04. The minimum atomic E-state index is -0.332. The van der Waals surface area contributed by atoms with Crippen LogP contribution in [-0.2, 0) is 11.3 Å². The Bertz CT molecular complexity index is 1130. The molecule has 1 unspecified atom stereocenters. The van der Waals surface area contributed by atoms with Crippen LogP contribution in [-0.4, -0.2) is 33.0 Å². The Kier molecular flexibility index (Phi) is 6.69. The summed E-state index contributed by atoms with van der Waals surface area (Å²) >= 11 is 3.01. The lowest BCUT2D eigenvalue weighted by Gasteiger charge is -2.14. The molecule has 158 valence electrons. The van der Waals surface area contributed by atoms with Gasteiger partial charge in [0.25, 0.3) is 0 Å². The number of thioether (sulfide) groups is 1. The number of aromatic nitrogens is 3. The Morgan fingerprint density at radius 3 is 2.55 bits per heavy atom. The summed E-state index contributed by atoms with van der Waals surface area (Å²) in [5.74, 6) is 1.51. The minimum Gasteiger partial charge on any atom is -0.497 e. The van der Waals surface area contributed by atoms with Crippen LogP contribution in [0.4, 0.5) is 0 Å². The van der Waals surface area contributed by atoms with Gasteiger partial charge in [0.15, 0.2) is 11.0 Å². The van der Waals surface area contributed by atoms with Crippen molar-refractivity contribution < 1.29 is 9.53 Å². The van der Waals surface area contributed by atoms with Crippen LogP contribution in [0.15, 0.2) is 77.3 Å². The van der Waals surface area contributed by atoms with Crippen LogP contribution in [0.5, 0.6) is 5.75 Å². The number of ether oxygens (including phenoxy) is 1. The van der Waals surface area contributed by atoms with Crippen LogP contribution in [0.1, 0.15) is 12.5 Å². The molecule has 0 aliphatic heterocycles. The second kappa shape index (κ2) is 9.80. The van der Waals surface area contributed by atoms with E-state index in [1.165, 1.54) is 11.8 Å². The quantitative estimate of drug-likeness (QED) is 0.391. The van der Waals surface area contributed by atoms with Crippen molar-refractivity contribution in [1.29, 1.82) is 0 Å². The van der Waals surface area contributed by atoms with Crippen molar-refractivity contribution in [3.05, 3.63) is 77.7 Å². The van der Waals surface area contributed by atoms with E-state index in [9.17, 15) is 4.79 Å². The number of carbonyl (C=O) groups excluding carboxylic acids is 1. The van der Waals surface area contributed by atoms with Crippen LogP contribution < -0.4 is 10.1 Å². The van der Waals surface area contributed by atoms with Crippen LogP contribution in [0.3, 0.4) is 0 Å². The van der Waals surface area contributed by atoms with Crippen molar-refractivity contribution >= 4 is 29.0 Å². The van der Waals surface area contributed by atoms with Gasteiger partial charge in [0.05, 0.1) is 17.2 Å². The highest BCUT2D eigenvalue weighted by Gasteiger charge is 2.22. The molecular weight excluding hydrogens is 428 g/mol. The molecule has 1 amide bonds. The molecule has 0 spiro atoms. The molecular formula is C23H22N4O2S2. The largest absolute Gasteiger partial charge is 0.497 e. The van der Waals surface area contributed by atoms with E-state index in [-0.39, 0.29) is 11.2 Å². The third kappa shape index (κ3) is 4.98. The van der Waals surface area contributed by atoms with Crippen molar-refractivity contribution in [3.8, 4) is 22.1 Å². The predicted molar refractivity (Wildman–Crippen MR) is 125 cm³/mol. The summed E-state index contributed by atoms with van der Waals surface area (Å²) in [7, 11) is 1.63. The van der Waals surface area contributed by atoms with E-state index in [4.69, 9.17) is 4.74 Å². The average Bonchev–Trinajstić information content (AvgIpc) is 3.48. The van der Waals surface area contributed by atoms with E-state index in [0.29, 0.717) is 11.7 Å². The molecule has 0 aliphatic rings. The van der Waals surface area contributed by atoms with Gasteiger partial charge >= 0.3 is 0 Å². The summed E-state index contributed by atoms with van der Waals surface area (Å²) in [6.07, 6.45) is 0. The maximum absolute atomic E-state index is 12.7. The fourth-order valence-corrected chi connectivity index (χ4v) is 4.60. The predicted octanol–water partition coefficient (Wildman–Crippen LogP) is 4.80. The molecule has 0 aliphatic carbocycles. The number of hydrogen-bond acceptors (Lipinski definition) is 6. The van der Waals surface area contributed by atoms with Gasteiger partial charge in [-0.2, -0.15) is 0 Å². The molecule has 8 heteroatoms. The third-order valence-electron chi connectivity index (χ3n) is 4.67. The minimum absolute atomic E-state index is 0.0545. The zero-order chi connectivity index (χ0) is 21.6. The van der Waals surface area contributed by atoms with E-state index in [1.54, 1.807) is 18.4 Å². The first-order valence-corrected chi connectivity index (χ1v) is 11.5. The lowest BCUT2D eigenvalue weighted by Crippen LogP contribution is -2.30. The molecule has 2 aromatic heterocycles. The molecule has 4 aromatic rings. The lowest BCUT2D eigenvalue weighted by atomic mass is 10.2. The Labute approximate surface area is 189 Å². The highest BCUT2D eigenvalue weighted by molar-refractivity contribution is 8.00. The zero-order valence-corrected chi connectivity index (χ0v) is 18.8. The van der Waals surface area contributed by atoms with Crippen molar-refractivity contribution in [2.24, 2.45) is 0 Å². The molecule has 0 saturated carbocycles. The monoisotopic (exact) mass is 450 g/mol. The van der Waals surface area contributed by atoms with Crippen LogP contribution in [0, 0.1) is 0 Å². The highest BCUT2D eigenvalue weighted by atomic mass is 32.2. The molecule has 0 saturated heterocycles. The summed E-state index contributed by atoms with van der Waals surface area (Å²) < 4.78 is 7.17. The summed E-state index contributed by atoms with van der Waals surface area (Å²) in [6, 6.07) is 21.6. The number of carbonyl (C=O) groups is 1. The first-order valence-electron chi connectivity index (χ1n) is 9.77. The molecule has 4 rings (SSSR count). The van der Waals surface area contributed by atoms with Gasteiger partial charge in [0.2, 0.25) is 5.91 Å². The number of methoxy groups -OCH3 is 1. The lowest BCUT2D eigenvalue weighted by molar-refractivity contribution is -0.120. The highest BCUT2D eigenvalue weighted by Crippen LogP contribution is 2.32. The van der Waals surface area contributed by atoms with E-state index >= 15 is 0 Å².